The lowest BCUT2D eigenvalue weighted by molar-refractivity contribution is 0.100. The molecule has 0 aromatic carbocycles. The van der Waals surface area contributed by atoms with Crippen LogP contribution in [0.2, 0.25) is 0 Å². The SMILES string of the molecule is CCCn1nc(C(=O)Nc2sc3c(c2C(N)=O)CCCCC3)ccc1=O. The molecule has 0 aliphatic heterocycles. The summed E-state index contributed by atoms with van der Waals surface area (Å²) in [6.07, 6.45) is 5.66. The van der Waals surface area contributed by atoms with Gasteiger partial charge in [0.15, 0.2) is 0 Å². The van der Waals surface area contributed by atoms with E-state index in [1.807, 2.05) is 6.92 Å². The van der Waals surface area contributed by atoms with Crippen molar-refractivity contribution < 1.29 is 9.59 Å². The molecule has 0 fully saturated rings. The van der Waals surface area contributed by atoms with Gasteiger partial charge in [-0.3, -0.25) is 14.4 Å². The number of aromatic nitrogens is 2. The summed E-state index contributed by atoms with van der Waals surface area (Å²) in [5.41, 5.74) is 6.87. The van der Waals surface area contributed by atoms with E-state index in [-0.39, 0.29) is 11.3 Å². The molecule has 3 rings (SSSR count). The Morgan fingerprint density at radius 3 is 2.77 bits per heavy atom. The van der Waals surface area contributed by atoms with Crippen LogP contribution in [0, 0.1) is 0 Å². The average molecular weight is 374 g/mol. The van der Waals surface area contributed by atoms with Gasteiger partial charge in [-0.05, 0) is 43.7 Å². The zero-order valence-corrected chi connectivity index (χ0v) is 15.5. The number of amides is 2. The van der Waals surface area contributed by atoms with Crippen molar-refractivity contribution in [3.63, 3.8) is 0 Å². The van der Waals surface area contributed by atoms with Crippen molar-refractivity contribution in [1.82, 2.24) is 9.78 Å². The van der Waals surface area contributed by atoms with Gasteiger partial charge in [-0.25, -0.2) is 4.68 Å². The second kappa shape index (κ2) is 7.82. The number of hydrogen-bond donors (Lipinski definition) is 2. The molecule has 0 atom stereocenters. The van der Waals surface area contributed by atoms with Crippen molar-refractivity contribution in [2.45, 2.75) is 52.0 Å². The summed E-state index contributed by atoms with van der Waals surface area (Å²) >= 11 is 1.42. The molecular weight excluding hydrogens is 352 g/mol. The Hall–Kier alpha value is -2.48. The van der Waals surface area contributed by atoms with Gasteiger partial charge in [0.05, 0.1) is 5.56 Å². The molecular formula is C18H22N4O3S. The Morgan fingerprint density at radius 1 is 1.27 bits per heavy atom. The van der Waals surface area contributed by atoms with E-state index in [9.17, 15) is 14.4 Å². The van der Waals surface area contributed by atoms with Crippen molar-refractivity contribution in [2.24, 2.45) is 5.73 Å². The highest BCUT2D eigenvalue weighted by molar-refractivity contribution is 7.17. The minimum atomic E-state index is -0.524. The molecule has 2 aromatic rings. The maximum Gasteiger partial charge on any atom is 0.276 e. The second-order valence-electron chi connectivity index (χ2n) is 6.37. The molecule has 1 aliphatic carbocycles. The standard InChI is InChI=1S/C18H22N4O3S/c1-2-10-22-14(23)9-8-12(21-22)17(25)20-18-15(16(19)24)11-6-4-3-5-7-13(11)26-18/h8-9H,2-7,10H2,1H3,(H2,19,24)(H,20,25). The first-order valence-electron chi connectivity index (χ1n) is 8.85. The van der Waals surface area contributed by atoms with E-state index >= 15 is 0 Å². The first-order chi connectivity index (χ1) is 12.5. The predicted molar refractivity (Wildman–Crippen MR) is 101 cm³/mol. The molecule has 8 heteroatoms. The molecule has 7 nitrogen and oxygen atoms in total. The van der Waals surface area contributed by atoms with Gasteiger partial charge in [-0.15, -0.1) is 11.3 Å². The molecule has 2 amide bonds. The van der Waals surface area contributed by atoms with Gasteiger partial charge >= 0.3 is 0 Å². The fourth-order valence-corrected chi connectivity index (χ4v) is 4.49. The fourth-order valence-electron chi connectivity index (χ4n) is 3.20. The highest BCUT2D eigenvalue weighted by Crippen LogP contribution is 2.37. The summed E-state index contributed by atoms with van der Waals surface area (Å²) in [6, 6.07) is 2.72. The number of aryl methyl sites for hydroxylation is 2. The Kier molecular flexibility index (Phi) is 5.51. The number of rotatable bonds is 5. The van der Waals surface area contributed by atoms with E-state index in [0.717, 1.165) is 49.0 Å². The molecule has 0 unspecified atom stereocenters. The van der Waals surface area contributed by atoms with Crippen molar-refractivity contribution >= 4 is 28.2 Å². The topological polar surface area (TPSA) is 107 Å². The molecule has 0 radical (unpaired) electrons. The number of primary amides is 1. The maximum atomic E-state index is 12.6. The highest BCUT2D eigenvalue weighted by atomic mass is 32.1. The number of thiophene rings is 1. The average Bonchev–Trinajstić information content (AvgIpc) is 2.78. The molecule has 0 saturated carbocycles. The van der Waals surface area contributed by atoms with E-state index in [2.05, 4.69) is 10.4 Å². The predicted octanol–water partition coefficient (Wildman–Crippen LogP) is 2.33. The monoisotopic (exact) mass is 374 g/mol. The second-order valence-corrected chi connectivity index (χ2v) is 7.47. The minimum Gasteiger partial charge on any atom is -0.365 e. The Labute approximate surface area is 155 Å². The normalized spacial score (nSPS) is 13.7. The van der Waals surface area contributed by atoms with E-state index in [1.54, 1.807) is 0 Å². The molecule has 3 N–H and O–H groups in total. The smallest absolute Gasteiger partial charge is 0.276 e. The Balaban J connectivity index is 1.91. The van der Waals surface area contributed by atoms with Gasteiger partial charge in [0.2, 0.25) is 0 Å². The molecule has 0 bridgehead atoms. The number of carbonyl (C=O) groups is 2. The van der Waals surface area contributed by atoms with Crippen molar-refractivity contribution in [2.75, 3.05) is 5.32 Å². The summed E-state index contributed by atoms with van der Waals surface area (Å²) < 4.78 is 1.27. The Bertz CT molecular complexity index is 900. The molecule has 1 aliphatic rings. The first-order valence-corrected chi connectivity index (χ1v) is 9.66. The number of fused-ring (bicyclic) bond motifs is 1. The summed E-state index contributed by atoms with van der Waals surface area (Å²) in [5, 5.41) is 7.36. The van der Waals surface area contributed by atoms with Gasteiger partial charge in [-0.2, -0.15) is 5.10 Å². The third kappa shape index (κ3) is 3.70. The highest BCUT2D eigenvalue weighted by Gasteiger charge is 2.24. The van der Waals surface area contributed by atoms with E-state index in [0.29, 0.717) is 17.1 Å². The largest absolute Gasteiger partial charge is 0.365 e. The van der Waals surface area contributed by atoms with Crippen LogP contribution in [0.4, 0.5) is 5.00 Å². The zero-order chi connectivity index (χ0) is 18.7. The maximum absolute atomic E-state index is 12.6. The van der Waals surface area contributed by atoms with Crippen LogP contribution in [0.15, 0.2) is 16.9 Å². The van der Waals surface area contributed by atoms with Crippen molar-refractivity contribution in [3.8, 4) is 0 Å². The quantitative estimate of drug-likeness (QED) is 0.783. The number of nitrogens with one attached hydrogen (secondary N) is 1. The van der Waals surface area contributed by atoms with Gasteiger partial charge in [-0.1, -0.05) is 13.3 Å². The first kappa shape index (κ1) is 18.3. The summed E-state index contributed by atoms with van der Waals surface area (Å²) in [4.78, 5) is 37.5. The fraction of sp³-hybridized carbons (Fsp3) is 0.444. The molecule has 2 aromatic heterocycles. The van der Waals surface area contributed by atoms with E-state index in [4.69, 9.17) is 5.73 Å². The van der Waals surface area contributed by atoms with Gasteiger partial charge < -0.3 is 11.1 Å². The van der Waals surface area contributed by atoms with Gasteiger partial charge in [0, 0.05) is 17.5 Å². The van der Waals surface area contributed by atoms with Crippen LogP contribution in [0.3, 0.4) is 0 Å². The zero-order valence-electron chi connectivity index (χ0n) is 14.7. The van der Waals surface area contributed by atoms with Crippen LogP contribution < -0.4 is 16.6 Å². The summed E-state index contributed by atoms with van der Waals surface area (Å²) in [6.45, 7) is 2.37. The van der Waals surface area contributed by atoms with E-state index < -0.39 is 11.8 Å². The lowest BCUT2D eigenvalue weighted by atomic mass is 10.1. The van der Waals surface area contributed by atoms with E-state index in [1.165, 1.54) is 28.2 Å². The molecule has 26 heavy (non-hydrogen) atoms. The van der Waals surface area contributed by atoms with Crippen LogP contribution in [-0.4, -0.2) is 21.6 Å². The number of carbonyl (C=O) groups excluding carboxylic acids is 2. The molecule has 2 heterocycles. The van der Waals surface area contributed by atoms with Crippen LogP contribution in [0.5, 0.6) is 0 Å². The third-order valence-electron chi connectivity index (χ3n) is 4.43. The summed E-state index contributed by atoms with van der Waals surface area (Å²) in [7, 11) is 0. The molecule has 0 saturated heterocycles. The number of nitrogens with zero attached hydrogens (tertiary/aromatic N) is 2. The van der Waals surface area contributed by atoms with Crippen molar-refractivity contribution in [1.29, 1.82) is 0 Å². The summed E-state index contributed by atoms with van der Waals surface area (Å²) in [5.74, 6) is -0.975. The number of hydrogen-bond acceptors (Lipinski definition) is 5. The van der Waals surface area contributed by atoms with Crippen LogP contribution in [0.25, 0.3) is 0 Å². The van der Waals surface area contributed by atoms with Gasteiger partial charge in [0.25, 0.3) is 17.4 Å². The van der Waals surface area contributed by atoms with Crippen molar-refractivity contribution in [3.05, 3.63) is 44.2 Å². The van der Waals surface area contributed by atoms with Crippen LogP contribution in [0.1, 0.15) is 63.9 Å². The molecule has 138 valence electrons. The lowest BCUT2D eigenvalue weighted by Gasteiger charge is -2.07. The lowest BCUT2D eigenvalue weighted by Crippen LogP contribution is -2.26. The van der Waals surface area contributed by atoms with Crippen LogP contribution >= 0.6 is 11.3 Å². The van der Waals surface area contributed by atoms with Crippen LogP contribution in [-0.2, 0) is 19.4 Å². The number of anilines is 1. The Morgan fingerprint density at radius 2 is 2.04 bits per heavy atom. The third-order valence-corrected chi connectivity index (χ3v) is 5.64. The minimum absolute atomic E-state index is 0.136. The van der Waals surface area contributed by atoms with Gasteiger partial charge in [0.1, 0.15) is 10.7 Å². The number of nitrogens with two attached hydrogens (primary N) is 1. The molecule has 0 spiro atoms.